The molecule has 1 aliphatic carbocycles. The normalized spacial score (nSPS) is 16.5. The number of anilines is 2. The first-order valence-electron chi connectivity index (χ1n) is 14.8. The number of carbonyl (C=O) groups excluding carboxylic acids is 2. The summed E-state index contributed by atoms with van der Waals surface area (Å²) in [5, 5.41) is 7.87. The van der Waals surface area contributed by atoms with Crippen LogP contribution >= 0.6 is 11.6 Å². The van der Waals surface area contributed by atoms with Crippen molar-refractivity contribution in [2.24, 2.45) is 5.16 Å². The summed E-state index contributed by atoms with van der Waals surface area (Å²) in [7, 11) is -0.114. The lowest BCUT2D eigenvalue weighted by Gasteiger charge is -2.27. The molecule has 1 heterocycles. The summed E-state index contributed by atoms with van der Waals surface area (Å²) >= 11 is 6.16. The smallest absolute Gasteiger partial charge is 0.497 e. The van der Waals surface area contributed by atoms with E-state index in [1.807, 2.05) is 0 Å². The molecular formula is C33H34ClF3N4O6S. The number of benzene rings is 3. The Hall–Kier alpha value is -4.30. The number of halogens is 4. The number of carbonyl (C=O) groups is 2. The monoisotopic (exact) mass is 706 g/mol. The Bertz CT molecular complexity index is 1780. The summed E-state index contributed by atoms with van der Waals surface area (Å²) < 4.78 is 62.7. The number of hydrogen-bond donors (Lipinski definition) is 2. The van der Waals surface area contributed by atoms with Crippen molar-refractivity contribution in [2.75, 3.05) is 30.1 Å². The molecule has 2 aliphatic rings. The standard InChI is InChI=1S/C33H34ClF3N4O6S/c1-19(39-47-31(2,3)30(43)40-48(5)44)21-14-23(16-25(15-21)45-4)38-28(20-6-8-22(34)9-7-20)29(42)41-18-32(12-13-32)26-11-10-24(17-27(26)41)46-33(35,36)37/h6-11,14-17,28,38H,12-13,18H2,1-5H3,(H,40,43)/b39-19+. The van der Waals surface area contributed by atoms with E-state index in [0.717, 1.165) is 18.4 Å². The highest BCUT2D eigenvalue weighted by Gasteiger charge is 2.54. The molecule has 10 nitrogen and oxygen atoms in total. The maximum atomic E-state index is 14.5. The van der Waals surface area contributed by atoms with Crippen LogP contribution in [0.4, 0.5) is 24.5 Å². The molecule has 15 heteroatoms. The highest BCUT2D eigenvalue weighted by Crippen LogP contribution is 2.57. The fourth-order valence-electron chi connectivity index (χ4n) is 5.43. The highest BCUT2D eigenvalue weighted by molar-refractivity contribution is 7.82. The third kappa shape index (κ3) is 7.87. The van der Waals surface area contributed by atoms with Gasteiger partial charge in [-0.15, -0.1) is 13.2 Å². The lowest BCUT2D eigenvalue weighted by atomic mass is 9.99. The minimum absolute atomic E-state index is 0.309. The number of nitrogens with zero attached hydrogens (tertiary/aromatic N) is 2. The molecule has 48 heavy (non-hydrogen) atoms. The molecule has 0 radical (unpaired) electrons. The number of alkyl halides is 3. The zero-order chi connectivity index (χ0) is 35.0. The molecule has 256 valence electrons. The number of oxime groups is 1. The van der Waals surface area contributed by atoms with Crippen molar-refractivity contribution in [3.05, 3.63) is 82.4 Å². The minimum atomic E-state index is -4.89. The van der Waals surface area contributed by atoms with Gasteiger partial charge in [0.15, 0.2) is 0 Å². The number of hydrogen-bond acceptors (Lipinski definition) is 8. The summed E-state index contributed by atoms with van der Waals surface area (Å²) in [5.74, 6) is -1.01. The topological polar surface area (TPSA) is 119 Å². The number of ether oxygens (including phenoxy) is 2. The van der Waals surface area contributed by atoms with E-state index in [2.05, 4.69) is 19.9 Å². The Kier molecular flexibility index (Phi) is 9.71. The Labute approximate surface area is 283 Å². The van der Waals surface area contributed by atoms with Crippen LogP contribution in [-0.4, -0.2) is 53.6 Å². The average Bonchev–Trinajstić information content (AvgIpc) is 3.73. The second-order valence-corrected chi connectivity index (χ2v) is 13.7. The van der Waals surface area contributed by atoms with Crippen LogP contribution < -0.4 is 24.4 Å². The van der Waals surface area contributed by atoms with Gasteiger partial charge in [0.1, 0.15) is 28.5 Å². The molecule has 2 amide bonds. The molecule has 3 aromatic rings. The predicted octanol–water partition coefficient (Wildman–Crippen LogP) is 6.41. The van der Waals surface area contributed by atoms with Crippen molar-refractivity contribution in [3.63, 3.8) is 0 Å². The number of methoxy groups -OCH3 is 1. The van der Waals surface area contributed by atoms with Crippen molar-refractivity contribution in [1.29, 1.82) is 0 Å². The van der Waals surface area contributed by atoms with Gasteiger partial charge in [0.2, 0.25) is 5.60 Å². The molecule has 1 saturated carbocycles. The first-order valence-corrected chi connectivity index (χ1v) is 16.7. The van der Waals surface area contributed by atoms with Gasteiger partial charge < -0.3 is 24.5 Å². The SMILES string of the molecule is COc1cc(NC(C(=O)N2CC3(CC3)c3ccc(OC(F)(F)F)cc32)c2ccc(Cl)cc2)cc(/C(C)=N/OC(C)(C)C(=O)NS(C)=O)c1. The lowest BCUT2D eigenvalue weighted by Crippen LogP contribution is -2.43. The maximum absolute atomic E-state index is 14.5. The van der Waals surface area contributed by atoms with Crippen LogP contribution in [0, 0.1) is 0 Å². The zero-order valence-electron chi connectivity index (χ0n) is 26.7. The van der Waals surface area contributed by atoms with Crippen LogP contribution in [0.2, 0.25) is 5.02 Å². The quantitative estimate of drug-likeness (QED) is 0.175. The fraction of sp³-hybridized carbons (Fsp3) is 0.364. The predicted molar refractivity (Wildman–Crippen MR) is 177 cm³/mol. The van der Waals surface area contributed by atoms with E-state index in [0.29, 0.717) is 45.5 Å². The molecule has 3 aromatic carbocycles. The molecule has 5 rings (SSSR count). The molecule has 2 atom stereocenters. The zero-order valence-corrected chi connectivity index (χ0v) is 28.3. The third-order valence-corrected chi connectivity index (χ3v) is 8.89. The Morgan fingerprint density at radius 2 is 1.73 bits per heavy atom. The van der Waals surface area contributed by atoms with Gasteiger partial charge in [-0.05, 0) is 75.1 Å². The minimum Gasteiger partial charge on any atom is -0.497 e. The fourth-order valence-corrected chi connectivity index (χ4v) is 6.07. The molecule has 2 unspecified atom stereocenters. The van der Waals surface area contributed by atoms with E-state index in [9.17, 15) is 27.0 Å². The molecule has 0 saturated heterocycles. The van der Waals surface area contributed by atoms with E-state index >= 15 is 0 Å². The van der Waals surface area contributed by atoms with Crippen LogP contribution in [0.25, 0.3) is 0 Å². The number of nitrogens with one attached hydrogen (secondary N) is 2. The summed E-state index contributed by atoms with van der Waals surface area (Å²) in [5.41, 5.74) is 1.33. The number of rotatable bonds is 11. The van der Waals surface area contributed by atoms with Gasteiger partial charge >= 0.3 is 6.36 Å². The van der Waals surface area contributed by atoms with Gasteiger partial charge in [-0.3, -0.25) is 14.3 Å². The highest BCUT2D eigenvalue weighted by atomic mass is 35.5. The molecular weight excluding hydrogens is 673 g/mol. The van der Waals surface area contributed by atoms with Crippen molar-refractivity contribution in [1.82, 2.24) is 4.72 Å². The number of amides is 2. The van der Waals surface area contributed by atoms with Gasteiger partial charge in [0.25, 0.3) is 11.8 Å². The van der Waals surface area contributed by atoms with Crippen LogP contribution in [-0.2, 0) is 30.8 Å². The molecule has 1 spiro atoms. The summed E-state index contributed by atoms with van der Waals surface area (Å²) in [4.78, 5) is 33.9. The van der Waals surface area contributed by atoms with E-state index < -0.39 is 46.6 Å². The summed E-state index contributed by atoms with van der Waals surface area (Å²) in [6.07, 6.45) is -1.96. The third-order valence-electron chi connectivity index (χ3n) is 8.16. The summed E-state index contributed by atoms with van der Waals surface area (Å²) in [6, 6.07) is 14.9. The summed E-state index contributed by atoms with van der Waals surface area (Å²) in [6.45, 7) is 4.92. The van der Waals surface area contributed by atoms with Crippen LogP contribution in [0.5, 0.6) is 11.5 Å². The van der Waals surface area contributed by atoms with Gasteiger partial charge in [0.05, 0.1) is 18.5 Å². The van der Waals surface area contributed by atoms with Crippen molar-refractivity contribution in [2.45, 2.75) is 57.0 Å². The maximum Gasteiger partial charge on any atom is 0.573 e. The molecule has 0 bridgehead atoms. The van der Waals surface area contributed by atoms with E-state index in [-0.39, 0.29) is 5.41 Å². The van der Waals surface area contributed by atoms with E-state index in [1.54, 1.807) is 55.5 Å². The molecule has 2 N–H and O–H groups in total. The van der Waals surface area contributed by atoms with Gasteiger partial charge in [0, 0.05) is 46.6 Å². The Morgan fingerprint density at radius 3 is 2.33 bits per heavy atom. The largest absolute Gasteiger partial charge is 0.573 e. The van der Waals surface area contributed by atoms with E-state index in [4.69, 9.17) is 21.2 Å². The first kappa shape index (κ1) is 35.0. The Balaban J connectivity index is 1.48. The lowest BCUT2D eigenvalue weighted by molar-refractivity contribution is -0.274. The molecule has 0 aromatic heterocycles. The van der Waals surface area contributed by atoms with Crippen LogP contribution in [0.1, 0.15) is 56.3 Å². The van der Waals surface area contributed by atoms with E-state index in [1.165, 1.54) is 44.2 Å². The van der Waals surface area contributed by atoms with Crippen LogP contribution in [0.3, 0.4) is 0 Å². The second kappa shape index (κ2) is 13.3. The van der Waals surface area contributed by atoms with Gasteiger partial charge in [-0.2, -0.15) is 0 Å². The van der Waals surface area contributed by atoms with Crippen molar-refractivity contribution in [3.8, 4) is 11.5 Å². The van der Waals surface area contributed by atoms with Crippen molar-refractivity contribution >= 4 is 51.5 Å². The van der Waals surface area contributed by atoms with Gasteiger partial charge in [-0.1, -0.05) is 35.0 Å². The van der Waals surface area contributed by atoms with Gasteiger partial charge in [-0.25, -0.2) is 4.21 Å². The average molecular weight is 707 g/mol. The Morgan fingerprint density at radius 1 is 1.04 bits per heavy atom. The van der Waals surface area contributed by atoms with Crippen LogP contribution in [0.15, 0.2) is 65.8 Å². The second-order valence-electron chi connectivity index (χ2n) is 12.2. The first-order chi connectivity index (χ1) is 22.5. The molecule has 1 fully saturated rings. The molecule has 1 aliphatic heterocycles. The van der Waals surface area contributed by atoms with Crippen molar-refractivity contribution < 1.29 is 41.3 Å². The number of fused-ring (bicyclic) bond motifs is 2.